The van der Waals surface area contributed by atoms with Crippen molar-refractivity contribution in [2.24, 2.45) is 0 Å². The molecule has 2 rings (SSSR count). The van der Waals surface area contributed by atoms with Crippen LogP contribution in [0.5, 0.6) is 5.75 Å². The predicted molar refractivity (Wildman–Crippen MR) is 73.2 cm³/mol. The van der Waals surface area contributed by atoms with E-state index in [1.807, 2.05) is 0 Å². The number of rotatable bonds is 7. The smallest absolute Gasteiger partial charge is 0.387 e. The molecule has 0 bridgehead atoms. The molecule has 3 nitrogen and oxygen atoms in total. The Labute approximate surface area is 117 Å². The first kappa shape index (κ1) is 14.8. The van der Waals surface area contributed by atoms with Crippen LogP contribution in [-0.4, -0.2) is 12.5 Å². The van der Waals surface area contributed by atoms with Crippen molar-refractivity contribution in [3.05, 3.63) is 23.8 Å². The molecule has 1 unspecified atom stereocenters. The van der Waals surface area contributed by atoms with E-state index >= 15 is 0 Å². The summed E-state index contributed by atoms with van der Waals surface area (Å²) in [5.74, 6) is -0.192. The second-order valence-corrected chi connectivity index (χ2v) is 5.02. The average Bonchev–Trinajstić information content (AvgIpc) is 2.70. The van der Waals surface area contributed by atoms with E-state index in [0.717, 1.165) is 37.7 Å². The van der Waals surface area contributed by atoms with E-state index < -0.39 is 6.61 Å². The zero-order chi connectivity index (χ0) is 14.5. The molecule has 1 aliphatic heterocycles. The van der Waals surface area contributed by atoms with Gasteiger partial charge in [0, 0.05) is 5.69 Å². The Bertz CT molecular complexity index is 477. The van der Waals surface area contributed by atoms with Crippen molar-refractivity contribution in [3.63, 3.8) is 0 Å². The minimum Gasteiger partial charge on any atom is -0.435 e. The molecule has 0 saturated heterocycles. The van der Waals surface area contributed by atoms with Crippen LogP contribution in [0.15, 0.2) is 18.2 Å². The molecule has 1 N–H and O–H groups in total. The topological polar surface area (TPSA) is 38.3 Å². The molecule has 0 fully saturated rings. The zero-order valence-electron chi connectivity index (χ0n) is 11.5. The van der Waals surface area contributed by atoms with Gasteiger partial charge in [0.1, 0.15) is 5.75 Å². The average molecular weight is 283 g/mol. The van der Waals surface area contributed by atoms with Gasteiger partial charge in [-0.25, -0.2) is 0 Å². The van der Waals surface area contributed by atoms with Crippen molar-refractivity contribution in [3.8, 4) is 5.75 Å². The van der Waals surface area contributed by atoms with Crippen LogP contribution in [0.1, 0.15) is 50.5 Å². The zero-order valence-corrected chi connectivity index (χ0v) is 11.5. The van der Waals surface area contributed by atoms with Gasteiger partial charge in [-0.05, 0) is 30.2 Å². The standard InChI is InChI=1S/C15H19F2NO2/c1-2-3-4-5-6-11-12-9-10(20-15(16)17)7-8-13(12)18-14(11)19/h7-9,11,15H,2-6H2,1H3,(H,18,19). The lowest BCUT2D eigenvalue weighted by atomic mass is 9.94. The number of ether oxygens (including phenoxy) is 1. The van der Waals surface area contributed by atoms with Gasteiger partial charge in [0.25, 0.3) is 0 Å². The van der Waals surface area contributed by atoms with Gasteiger partial charge in [0.2, 0.25) is 5.91 Å². The number of alkyl halides is 2. The number of hydrogen-bond donors (Lipinski definition) is 1. The molecule has 1 amide bonds. The summed E-state index contributed by atoms with van der Waals surface area (Å²) < 4.78 is 28.9. The van der Waals surface area contributed by atoms with Crippen LogP contribution in [0.2, 0.25) is 0 Å². The van der Waals surface area contributed by atoms with E-state index in [1.54, 1.807) is 12.1 Å². The first-order valence-corrected chi connectivity index (χ1v) is 7.01. The van der Waals surface area contributed by atoms with Gasteiger partial charge >= 0.3 is 6.61 Å². The Kier molecular flexibility index (Phi) is 4.93. The lowest BCUT2D eigenvalue weighted by molar-refractivity contribution is -0.117. The molecule has 0 spiro atoms. The lowest BCUT2D eigenvalue weighted by Crippen LogP contribution is -2.11. The summed E-state index contributed by atoms with van der Waals surface area (Å²) in [4.78, 5) is 11.9. The fourth-order valence-corrected chi connectivity index (χ4v) is 2.54. The number of fused-ring (bicyclic) bond motifs is 1. The maximum Gasteiger partial charge on any atom is 0.387 e. The SMILES string of the molecule is CCCCCCC1C(=O)Nc2ccc(OC(F)F)cc21. The molecule has 5 heteroatoms. The molecule has 1 atom stereocenters. The van der Waals surface area contributed by atoms with Gasteiger partial charge in [-0.15, -0.1) is 0 Å². The van der Waals surface area contributed by atoms with E-state index in [1.165, 1.54) is 6.07 Å². The maximum atomic E-state index is 12.2. The summed E-state index contributed by atoms with van der Waals surface area (Å²) in [7, 11) is 0. The molecule has 0 aromatic heterocycles. The van der Waals surface area contributed by atoms with Gasteiger partial charge < -0.3 is 10.1 Å². The number of hydrogen-bond acceptors (Lipinski definition) is 2. The Hall–Kier alpha value is -1.65. The third kappa shape index (κ3) is 3.46. The number of benzene rings is 1. The van der Waals surface area contributed by atoms with E-state index in [9.17, 15) is 13.6 Å². The van der Waals surface area contributed by atoms with Crippen molar-refractivity contribution in [2.75, 3.05) is 5.32 Å². The minimum absolute atomic E-state index is 0.0503. The first-order valence-electron chi connectivity index (χ1n) is 7.01. The second kappa shape index (κ2) is 6.68. The highest BCUT2D eigenvalue weighted by Gasteiger charge is 2.30. The summed E-state index contributed by atoms with van der Waals surface area (Å²) in [5.41, 5.74) is 1.47. The number of anilines is 1. The van der Waals surface area contributed by atoms with Crippen LogP contribution in [0, 0.1) is 0 Å². The number of nitrogens with one attached hydrogen (secondary N) is 1. The molecule has 1 aliphatic rings. The molecular formula is C15H19F2NO2. The Morgan fingerprint density at radius 1 is 1.30 bits per heavy atom. The second-order valence-electron chi connectivity index (χ2n) is 5.02. The normalized spacial score (nSPS) is 17.2. The Morgan fingerprint density at radius 2 is 2.10 bits per heavy atom. The highest BCUT2D eigenvalue weighted by molar-refractivity contribution is 6.03. The van der Waals surface area contributed by atoms with Crippen LogP contribution >= 0.6 is 0 Å². The first-order chi connectivity index (χ1) is 9.61. The van der Waals surface area contributed by atoms with E-state index in [2.05, 4.69) is 17.0 Å². The van der Waals surface area contributed by atoms with Gasteiger partial charge in [-0.3, -0.25) is 4.79 Å². The van der Waals surface area contributed by atoms with Gasteiger partial charge in [0.05, 0.1) is 5.92 Å². The summed E-state index contributed by atoms with van der Waals surface area (Å²) in [6.45, 7) is -0.716. The van der Waals surface area contributed by atoms with Crippen LogP contribution in [-0.2, 0) is 4.79 Å². The van der Waals surface area contributed by atoms with Crippen LogP contribution in [0.25, 0.3) is 0 Å². The van der Waals surface area contributed by atoms with Gasteiger partial charge in [-0.1, -0.05) is 32.6 Å². The molecular weight excluding hydrogens is 264 g/mol. The molecule has 0 saturated carbocycles. The van der Waals surface area contributed by atoms with Gasteiger partial charge in [-0.2, -0.15) is 8.78 Å². The van der Waals surface area contributed by atoms with E-state index in [-0.39, 0.29) is 17.6 Å². The summed E-state index contributed by atoms with van der Waals surface area (Å²) >= 11 is 0. The molecule has 0 aliphatic carbocycles. The molecule has 20 heavy (non-hydrogen) atoms. The molecule has 1 aromatic carbocycles. The van der Waals surface area contributed by atoms with Crippen molar-refractivity contribution in [1.29, 1.82) is 0 Å². The lowest BCUT2D eigenvalue weighted by Gasteiger charge is -2.10. The predicted octanol–water partition coefficient (Wildman–Crippen LogP) is 4.29. The Balaban J connectivity index is 2.07. The third-order valence-electron chi connectivity index (χ3n) is 3.54. The number of carbonyl (C=O) groups is 1. The quantitative estimate of drug-likeness (QED) is 0.758. The molecule has 1 heterocycles. The number of halogens is 2. The largest absolute Gasteiger partial charge is 0.435 e. The van der Waals surface area contributed by atoms with E-state index in [4.69, 9.17) is 0 Å². The summed E-state index contributed by atoms with van der Waals surface area (Å²) in [5, 5.41) is 2.79. The monoisotopic (exact) mass is 283 g/mol. The number of carbonyl (C=O) groups excluding carboxylic acids is 1. The number of amides is 1. The van der Waals surface area contributed by atoms with Crippen LogP contribution in [0.4, 0.5) is 14.5 Å². The van der Waals surface area contributed by atoms with Crippen molar-refractivity contribution in [2.45, 2.75) is 51.6 Å². The van der Waals surface area contributed by atoms with E-state index in [0.29, 0.717) is 5.69 Å². The fourth-order valence-electron chi connectivity index (χ4n) is 2.54. The van der Waals surface area contributed by atoms with Crippen LogP contribution < -0.4 is 10.1 Å². The van der Waals surface area contributed by atoms with Crippen LogP contribution in [0.3, 0.4) is 0 Å². The fraction of sp³-hybridized carbons (Fsp3) is 0.533. The van der Waals surface area contributed by atoms with Crippen molar-refractivity contribution in [1.82, 2.24) is 0 Å². The molecule has 110 valence electrons. The minimum atomic E-state index is -2.85. The van der Waals surface area contributed by atoms with Gasteiger partial charge in [0.15, 0.2) is 0 Å². The summed E-state index contributed by atoms with van der Waals surface area (Å²) in [6, 6.07) is 4.62. The molecule has 0 radical (unpaired) electrons. The number of unbranched alkanes of at least 4 members (excludes halogenated alkanes) is 3. The highest BCUT2D eigenvalue weighted by Crippen LogP contribution is 2.38. The summed E-state index contributed by atoms with van der Waals surface area (Å²) in [6.07, 6.45) is 5.08. The Morgan fingerprint density at radius 3 is 2.80 bits per heavy atom. The third-order valence-corrected chi connectivity index (χ3v) is 3.54. The molecule has 1 aromatic rings. The highest BCUT2D eigenvalue weighted by atomic mass is 19.3. The maximum absolute atomic E-state index is 12.2. The van der Waals surface area contributed by atoms with Crippen molar-refractivity contribution >= 4 is 11.6 Å². The van der Waals surface area contributed by atoms with Crippen molar-refractivity contribution < 1.29 is 18.3 Å².